The van der Waals surface area contributed by atoms with Crippen LogP contribution in [0.4, 0.5) is 4.79 Å². The van der Waals surface area contributed by atoms with Crippen LogP contribution in [-0.2, 0) is 22.5 Å². The van der Waals surface area contributed by atoms with Crippen molar-refractivity contribution >= 4 is 6.09 Å². The minimum atomic E-state index is -1.26. The minimum absolute atomic E-state index is 0.168. The Balaban J connectivity index is 1.62. The number of hydrogen-bond acceptors (Lipinski definition) is 4. The van der Waals surface area contributed by atoms with Crippen LogP contribution in [0.1, 0.15) is 11.1 Å². The van der Waals surface area contributed by atoms with E-state index in [1.807, 2.05) is 60.7 Å². The second kappa shape index (κ2) is 7.26. The van der Waals surface area contributed by atoms with Gasteiger partial charge in [0.05, 0.1) is 12.6 Å². The number of amides is 1. The molecule has 0 saturated carbocycles. The second-order valence-corrected chi connectivity index (χ2v) is 5.45. The summed E-state index contributed by atoms with van der Waals surface area (Å²) in [6.07, 6.45) is -1.22. The summed E-state index contributed by atoms with van der Waals surface area (Å²) in [6, 6.07) is 19.0. The third-order valence-corrected chi connectivity index (χ3v) is 3.80. The molecule has 2 aromatic rings. The number of nitrogens with zero attached hydrogens (tertiary/aromatic N) is 1. The van der Waals surface area contributed by atoms with Crippen LogP contribution in [0.25, 0.3) is 0 Å². The monoisotopic (exact) mass is 313 g/mol. The van der Waals surface area contributed by atoms with Gasteiger partial charge in [-0.2, -0.15) is 0 Å². The third kappa shape index (κ3) is 3.88. The zero-order valence-corrected chi connectivity index (χ0v) is 12.7. The van der Waals surface area contributed by atoms with E-state index in [2.05, 4.69) is 0 Å². The number of benzene rings is 2. The first kappa shape index (κ1) is 15.5. The molecule has 2 atom stereocenters. The number of hydrogen-bond donors (Lipinski definition) is 1. The molecule has 5 heteroatoms. The molecule has 0 aliphatic carbocycles. The first-order chi connectivity index (χ1) is 11.2. The molecule has 1 saturated heterocycles. The Morgan fingerprint density at radius 2 is 1.70 bits per heavy atom. The van der Waals surface area contributed by atoms with Crippen molar-refractivity contribution in [2.75, 3.05) is 6.61 Å². The Labute approximate surface area is 135 Å². The van der Waals surface area contributed by atoms with E-state index in [0.29, 0.717) is 6.42 Å². The van der Waals surface area contributed by atoms with Crippen molar-refractivity contribution in [1.82, 2.24) is 4.90 Å². The maximum atomic E-state index is 12.3. The number of carbonyl (C=O) groups is 1. The summed E-state index contributed by atoms with van der Waals surface area (Å²) >= 11 is 0. The molecule has 3 rings (SSSR count). The van der Waals surface area contributed by atoms with Crippen molar-refractivity contribution < 1.29 is 19.4 Å². The first-order valence-corrected chi connectivity index (χ1v) is 7.56. The molecular formula is C18H19NO4. The Kier molecular flexibility index (Phi) is 4.90. The zero-order valence-electron chi connectivity index (χ0n) is 12.7. The van der Waals surface area contributed by atoms with Gasteiger partial charge >= 0.3 is 6.09 Å². The van der Waals surface area contributed by atoms with Crippen molar-refractivity contribution in [3.8, 4) is 0 Å². The van der Waals surface area contributed by atoms with E-state index >= 15 is 0 Å². The molecule has 0 radical (unpaired) electrons. The fraction of sp³-hybridized carbons (Fsp3) is 0.278. The molecule has 1 heterocycles. The molecule has 0 spiro atoms. The largest absolute Gasteiger partial charge is 0.444 e. The molecular weight excluding hydrogens is 294 g/mol. The topological polar surface area (TPSA) is 59.0 Å². The van der Waals surface area contributed by atoms with E-state index < -0.39 is 12.5 Å². The summed E-state index contributed by atoms with van der Waals surface area (Å²) in [5.41, 5.74) is 1.98. The summed E-state index contributed by atoms with van der Waals surface area (Å²) in [6.45, 7) is 0.456. The summed E-state index contributed by atoms with van der Waals surface area (Å²) < 4.78 is 10.5. The fourth-order valence-corrected chi connectivity index (χ4v) is 2.61. The molecule has 1 amide bonds. The quantitative estimate of drug-likeness (QED) is 0.942. The second-order valence-electron chi connectivity index (χ2n) is 5.45. The van der Waals surface area contributed by atoms with Crippen LogP contribution in [0.5, 0.6) is 0 Å². The predicted octanol–water partition coefficient (Wildman–Crippen LogP) is 2.54. The molecule has 0 bridgehead atoms. The highest BCUT2D eigenvalue weighted by atomic mass is 16.7. The van der Waals surface area contributed by atoms with Gasteiger partial charge in [-0.05, 0) is 17.5 Å². The maximum absolute atomic E-state index is 12.3. The van der Waals surface area contributed by atoms with Gasteiger partial charge in [0, 0.05) is 0 Å². The van der Waals surface area contributed by atoms with Gasteiger partial charge in [-0.3, -0.25) is 4.90 Å². The Hall–Kier alpha value is -2.37. The number of rotatable bonds is 4. The maximum Gasteiger partial charge on any atom is 0.414 e. The van der Waals surface area contributed by atoms with Crippen LogP contribution >= 0.6 is 0 Å². The lowest BCUT2D eigenvalue weighted by molar-refractivity contribution is -0.126. The summed E-state index contributed by atoms with van der Waals surface area (Å²) in [5, 5.41) is 9.91. The van der Waals surface area contributed by atoms with Crippen LogP contribution in [0, 0.1) is 0 Å². The molecule has 1 N–H and O–H groups in total. The smallest absolute Gasteiger partial charge is 0.414 e. The van der Waals surface area contributed by atoms with Gasteiger partial charge in [-0.25, -0.2) is 4.79 Å². The number of aliphatic hydroxyl groups excluding tert-OH is 1. The summed E-state index contributed by atoms with van der Waals surface area (Å²) in [7, 11) is 0. The SMILES string of the molecule is O=C(OCc1ccccc1)N1C(Cc2ccccc2)COC1O. The van der Waals surface area contributed by atoms with Crippen LogP contribution in [-0.4, -0.2) is 35.2 Å². The van der Waals surface area contributed by atoms with Gasteiger partial charge in [-0.1, -0.05) is 60.7 Å². The van der Waals surface area contributed by atoms with Crippen molar-refractivity contribution in [3.05, 3.63) is 71.8 Å². The number of ether oxygens (including phenoxy) is 2. The third-order valence-electron chi connectivity index (χ3n) is 3.80. The van der Waals surface area contributed by atoms with Gasteiger partial charge < -0.3 is 14.6 Å². The molecule has 2 unspecified atom stereocenters. The minimum Gasteiger partial charge on any atom is -0.444 e. The number of carbonyl (C=O) groups excluding carboxylic acids is 1. The van der Waals surface area contributed by atoms with Gasteiger partial charge in [0.2, 0.25) is 6.41 Å². The Morgan fingerprint density at radius 1 is 1.09 bits per heavy atom. The van der Waals surface area contributed by atoms with E-state index in [1.165, 1.54) is 4.90 Å². The Bertz CT molecular complexity index is 632. The standard InChI is InChI=1S/C18H19NO4/c20-17(22-12-15-9-5-2-6-10-15)19-16(13-23-18(19)21)11-14-7-3-1-4-8-14/h1-10,16,18,21H,11-13H2. The van der Waals surface area contributed by atoms with Gasteiger partial charge in [0.15, 0.2) is 0 Å². The molecule has 1 aliphatic rings. The van der Waals surface area contributed by atoms with Crippen molar-refractivity contribution in [2.45, 2.75) is 25.5 Å². The van der Waals surface area contributed by atoms with E-state index in [9.17, 15) is 9.90 Å². The lowest BCUT2D eigenvalue weighted by Gasteiger charge is -2.24. The summed E-state index contributed by atoms with van der Waals surface area (Å²) in [5.74, 6) is 0. The van der Waals surface area contributed by atoms with Gasteiger partial charge in [0.1, 0.15) is 6.61 Å². The van der Waals surface area contributed by atoms with Crippen molar-refractivity contribution in [3.63, 3.8) is 0 Å². The van der Waals surface area contributed by atoms with Crippen LogP contribution in [0.2, 0.25) is 0 Å². The lowest BCUT2D eigenvalue weighted by Crippen LogP contribution is -2.43. The highest BCUT2D eigenvalue weighted by molar-refractivity contribution is 5.68. The molecule has 23 heavy (non-hydrogen) atoms. The van der Waals surface area contributed by atoms with Crippen LogP contribution in [0.3, 0.4) is 0 Å². The molecule has 1 fully saturated rings. The highest BCUT2D eigenvalue weighted by Gasteiger charge is 2.38. The summed E-state index contributed by atoms with van der Waals surface area (Å²) in [4.78, 5) is 13.6. The first-order valence-electron chi connectivity index (χ1n) is 7.56. The molecule has 120 valence electrons. The molecule has 0 aromatic heterocycles. The van der Waals surface area contributed by atoms with Crippen LogP contribution in [0.15, 0.2) is 60.7 Å². The van der Waals surface area contributed by atoms with Crippen molar-refractivity contribution in [1.29, 1.82) is 0 Å². The van der Waals surface area contributed by atoms with Gasteiger partial charge in [-0.15, -0.1) is 0 Å². The normalized spacial score (nSPS) is 20.5. The van der Waals surface area contributed by atoms with E-state index in [-0.39, 0.29) is 19.3 Å². The van der Waals surface area contributed by atoms with Crippen LogP contribution < -0.4 is 0 Å². The van der Waals surface area contributed by atoms with E-state index in [0.717, 1.165) is 11.1 Å². The van der Waals surface area contributed by atoms with E-state index in [1.54, 1.807) is 0 Å². The zero-order chi connectivity index (χ0) is 16.1. The molecule has 1 aliphatic heterocycles. The molecule has 5 nitrogen and oxygen atoms in total. The number of aliphatic hydroxyl groups is 1. The van der Waals surface area contributed by atoms with Gasteiger partial charge in [0.25, 0.3) is 0 Å². The average Bonchev–Trinajstić information content (AvgIpc) is 2.95. The van der Waals surface area contributed by atoms with E-state index in [4.69, 9.17) is 9.47 Å². The predicted molar refractivity (Wildman–Crippen MR) is 84.4 cm³/mol. The fourth-order valence-electron chi connectivity index (χ4n) is 2.61. The van der Waals surface area contributed by atoms with Crippen molar-refractivity contribution in [2.24, 2.45) is 0 Å². The average molecular weight is 313 g/mol. The lowest BCUT2D eigenvalue weighted by atomic mass is 10.1. The molecule has 2 aromatic carbocycles. The highest BCUT2D eigenvalue weighted by Crippen LogP contribution is 2.20. The Morgan fingerprint density at radius 3 is 2.35 bits per heavy atom.